The normalized spacial score (nSPS) is 12.6. The molecule has 0 aliphatic carbocycles. The third kappa shape index (κ3) is 9.14. The van der Waals surface area contributed by atoms with E-state index in [2.05, 4.69) is 5.32 Å². The molecule has 0 aromatic heterocycles. The van der Waals surface area contributed by atoms with Crippen LogP contribution in [0.4, 0.5) is 5.69 Å². The predicted octanol–water partition coefficient (Wildman–Crippen LogP) is 4.55. The number of hydrogen-bond donors (Lipinski definition) is 2. The average molecular weight is 489 g/mol. The number of rotatable bonds is 13. The third-order valence-corrected chi connectivity index (χ3v) is 7.23. The highest BCUT2D eigenvalue weighted by molar-refractivity contribution is 8.14. The maximum atomic E-state index is 12.8. The van der Waals surface area contributed by atoms with E-state index in [9.17, 15) is 19.5 Å². The number of carbonyl (C=O) groups excluding carboxylic acids is 2. The first-order chi connectivity index (χ1) is 15.8. The van der Waals surface area contributed by atoms with Crippen LogP contribution in [-0.2, 0) is 15.3 Å². The Kier molecular flexibility index (Phi) is 11.3. The largest absolute Gasteiger partial charge is 0.480 e. The quantitative estimate of drug-likeness (QED) is 0.428. The number of carbonyl (C=O) groups is 3. The van der Waals surface area contributed by atoms with Crippen molar-refractivity contribution in [3.63, 3.8) is 0 Å². The Hall–Kier alpha value is -2.45. The van der Waals surface area contributed by atoms with E-state index in [0.717, 1.165) is 29.4 Å². The standard InChI is InChI=1S/C25H32N2O4S2/c1-4-8-20(16-33-25(31)19-9-6-5-7-10-19)23(28)26-22(24(29)30)17-32-15-18-11-13-21(14-12-18)27(2)3/h5-7,9-14,20,22H,4,8,15-17H2,1-3H3,(H,26,28)(H,29,30). The van der Waals surface area contributed by atoms with E-state index in [1.807, 2.05) is 56.3 Å². The van der Waals surface area contributed by atoms with Crippen LogP contribution >= 0.6 is 23.5 Å². The second-order valence-corrected chi connectivity index (χ2v) is 9.95. The summed E-state index contributed by atoms with van der Waals surface area (Å²) in [5.74, 6) is -0.530. The van der Waals surface area contributed by atoms with Gasteiger partial charge in [0.15, 0.2) is 0 Å². The van der Waals surface area contributed by atoms with Gasteiger partial charge in [-0.1, -0.05) is 67.6 Å². The molecule has 0 spiro atoms. The summed E-state index contributed by atoms with van der Waals surface area (Å²) in [6, 6.07) is 16.1. The highest BCUT2D eigenvalue weighted by Gasteiger charge is 2.26. The van der Waals surface area contributed by atoms with E-state index in [1.54, 1.807) is 24.3 Å². The summed E-state index contributed by atoms with van der Waals surface area (Å²) in [6.07, 6.45) is 1.37. The zero-order valence-corrected chi connectivity index (χ0v) is 21.0. The van der Waals surface area contributed by atoms with Crippen molar-refractivity contribution in [2.75, 3.05) is 30.5 Å². The van der Waals surface area contributed by atoms with Crippen LogP contribution in [0.3, 0.4) is 0 Å². The van der Waals surface area contributed by atoms with E-state index in [-0.39, 0.29) is 16.8 Å². The van der Waals surface area contributed by atoms with Gasteiger partial charge in [-0.05, 0) is 24.1 Å². The van der Waals surface area contributed by atoms with Crippen molar-refractivity contribution in [3.05, 3.63) is 65.7 Å². The number of carboxylic acid groups (broad SMARTS) is 1. The van der Waals surface area contributed by atoms with Crippen LogP contribution in [0.25, 0.3) is 0 Å². The van der Waals surface area contributed by atoms with Crippen molar-refractivity contribution in [2.24, 2.45) is 5.92 Å². The SMILES string of the molecule is CCCC(CSC(=O)c1ccccc1)C(=O)NC(CSCc1ccc(N(C)C)cc1)C(=O)O. The molecule has 0 saturated heterocycles. The minimum Gasteiger partial charge on any atom is -0.480 e. The van der Waals surface area contributed by atoms with Gasteiger partial charge in [-0.15, -0.1) is 0 Å². The zero-order valence-electron chi connectivity index (χ0n) is 19.3. The fourth-order valence-corrected chi connectivity index (χ4v) is 5.10. The van der Waals surface area contributed by atoms with Crippen LogP contribution in [0.5, 0.6) is 0 Å². The van der Waals surface area contributed by atoms with Crippen molar-refractivity contribution in [1.82, 2.24) is 5.32 Å². The van der Waals surface area contributed by atoms with E-state index in [4.69, 9.17) is 0 Å². The molecule has 0 aliphatic rings. The maximum Gasteiger partial charge on any atom is 0.327 e. The Bertz CT molecular complexity index is 904. The maximum absolute atomic E-state index is 12.8. The van der Waals surface area contributed by atoms with Crippen LogP contribution in [0, 0.1) is 5.92 Å². The molecule has 0 saturated carbocycles. The van der Waals surface area contributed by atoms with Gasteiger partial charge < -0.3 is 15.3 Å². The molecule has 2 aromatic rings. The van der Waals surface area contributed by atoms with Crippen molar-refractivity contribution in [3.8, 4) is 0 Å². The Morgan fingerprint density at radius 2 is 1.67 bits per heavy atom. The first kappa shape index (κ1) is 26.8. The Morgan fingerprint density at radius 1 is 1.00 bits per heavy atom. The zero-order chi connectivity index (χ0) is 24.2. The summed E-state index contributed by atoms with van der Waals surface area (Å²) >= 11 is 2.57. The summed E-state index contributed by atoms with van der Waals surface area (Å²) in [5, 5.41) is 12.2. The number of aliphatic carboxylic acids is 1. The lowest BCUT2D eigenvalue weighted by molar-refractivity contribution is -0.141. The summed E-state index contributed by atoms with van der Waals surface area (Å²) < 4.78 is 0. The van der Waals surface area contributed by atoms with E-state index in [0.29, 0.717) is 23.5 Å². The molecule has 2 rings (SSSR count). The van der Waals surface area contributed by atoms with Gasteiger partial charge in [-0.25, -0.2) is 4.79 Å². The van der Waals surface area contributed by atoms with Gasteiger partial charge in [0.05, 0.1) is 0 Å². The Morgan fingerprint density at radius 3 is 2.24 bits per heavy atom. The molecule has 0 fully saturated rings. The second-order valence-electron chi connectivity index (χ2n) is 7.93. The summed E-state index contributed by atoms with van der Waals surface area (Å²) in [6.45, 7) is 1.97. The number of nitrogens with one attached hydrogen (secondary N) is 1. The topological polar surface area (TPSA) is 86.7 Å². The van der Waals surface area contributed by atoms with Crippen LogP contribution in [0.15, 0.2) is 54.6 Å². The number of hydrogen-bond acceptors (Lipinski definition) is 6. The Balaban J connectivity index is 1.88. The molecule has 2 aromatic carbocycles. The first-order valence-corrected chi connectivity index (χ1v) is 13.0. The summed E-state index contributed by atoms with van der Waals surface area (Å²) in [5.41, 5.74) is 2.79. The number of thioether (sulfide) groups is 2. The molecule has 2 atom stereocenters. The second kappa shape index (κ2) is 14.0. The fourth-order valence-electron chi connectivity index (χ4n) is 3.12. The highest BCUT2D eigenvalue weighted by atomic mass is 32.2. The highest BCUT2D eigenvalue weighted by Crippen LogP contribution is 2.21. The number of nitrogens with zero attached hydrogens (tertiary/aromatic N) is 1. The van der Waals surface area contributed by atoms with Crippen molar-refractivity contribution < 1.29 is 19.5 Å². The molecule has 2 N–H and O–H groups in total. The van der Waals surface area contributed by atoms with E-state index < -0.39 is 17.9 Å². The van der Waals surface area contributed by atoms with E-state index >= 15 is 0 Å². The number of benzene rings is 2. The van der Waals surface area contributed by atoms with Gasteiger partial charge in [-0.3, -0.25) is 9.59 Å². The molecular weight excluding hydrogens is 456 g/mol. The molecule has 0 aliphatic heterocycles. The van der Waals surface area contributed by atoms with Gasteiger partial charge in [0.1, 0.15) is 6.04 Å². The number of anilines is 1. The molecule has 2 unspecified atom stereocenters. The van der Waals surface area contributed by atoms with E-state index in [1.165, 1.54) is 11.8 Å². The molecule has 33 heavy (non-hydrogen) atoms. The van der Waals surface area contributed by atoms with Gasteiger partial charge >= 0.3 is 5.97 Å². The van der Waals surface area contributed by atoms with Crippen molar-refractivity contribution in [1.29, 1.82) is 0 Å². The molecule has 8 heteroatoms. The summed E-state index contributed by atoms with van der Waals surface area (Å²) in [4.78, 5) is 38.9. The van der Waals surface area contributed by atoms with Gasteiger partial charge in [0.2, 0.25) is 11.0 Å². The van der Waals surface area contributed by atoms with Crippen molar-refractivity contribution in [2.45, 2.75) is 31.6 Å². The first-order valence-electron chi connectivity index (χ1n) is 10.9. The van der Waals surface area contributed by atoms with Crippen LogP contribution in [-0.4, -0.2) is 53.7 Å². The smallest absolute Gasteiger partial charge is 0.327 e. The van der Waals surface area contributed by atoms with Gasteiger partial charge in [0, 0.05) is 48.5 Å². The predicted molar refractivity (Wildman–Crippen MR) is 138 cm³/mol. The molecule has 0 heterocycles. The van der Waals surface area contributed by atoms with Gasteiger partial charge in [-0.2, -0.15) is 11.8 Å². The fraction of sp³-hybridized carbons (Fsp3) is 0.400. The average Bonchev–Trinajstić information content (AvgIpc) is 2.81. The van der Waals surface area contributed by atoms with Crippen LogP contribution in [0.2, 0.25) is 0 Å². The minimum absolute atomic E-state index is 0.0878. The van der Waals surface area contributed by atoms with Crippen molar-refractivity contribution >= 4 is 46.2 Å². The molecular formula is C25H32N2O4S2. The Labute approximate surface area is 204 Å². The lowest BCUT2D eigenvalue weighted by Gasteiger charge is -2.20. The molecule has 1 amide bonds. The molecule has 178 valence electrons. The van der Waals surface area contributed by atoms with Crippen LogP contribution < -0.4 is 10.2 Å². The minimum atomic E-state index is -1.05. The monoisotopic (exact) mass is 488 g/mol. The van der Waals surface area contributed by atoms with Gasteiger partial charge in [0.25, 0.3) is 0 Å². The lowest BCUT2D eigenvalue weighted by Crippen LogP contribution is -2.45. The number of carboxylic acids is 1. The van der Waals surface area contributed by atoms with Crippen LogP contribution in [0.1, 0.15) is 35.7 Å². The number of amides is 1. The molecule has 6 nitrogen and oxygen atoms in total. The lowest BCUT2D eigenvalue weighted by atomic mass is 10.0. The third-order valence-electron chi connectivity index (χ3n) is 5.05. The molecule has 0 bridgehead atoms. The molecule has 0 radical (unpaired) electrons. The summed E-state index contributed by atoms with van der Waals surface area (Å²) in [7, 11) is 3.96.